The smallest absolute Gasteiger partial charge is 0.195 e. The van der Waals surface area contributed by atoms with Gasteiger partial charge in [0.25, 0.3) is 0 Å². The molecule has 13 heavy (non-hydrogen) atoms. The van der Waals surface area contributed by atoms with Crippen molar-refractivity contribution in [3.8, 4) is 0 Å². The number of rotatable bonds is 3. The number of hydrogen-bond acceptors (Lipinski definition) is 4. The highest BCUT2D eigenvalue weighted by Gasteiger charge is 2.18. The lowest BCUT2D eigenvalue weighted by molar-refractivity contribution is -0.114. The van der Waals surface area contributed by atoms with Gasteiger partial charge in [0.15, 0.2) is 11.6 Å². The summed E-state index contributed by atoms with van der Waals surface area (Å²) in [5.41, 5.74) is 0.466. The molecule has 0 aromatic rings. The average Bonchev–Trinajstić information content (AvgIpc) is 2.09. The molecule has 1 aliphatic carbocycles. The van der Waals surface area contributed by atoms with E-state index in [1.165, 1.54) is 23.9 Å². The van der Waals surface area contributed by atoms with Gasteiger partial charge in [0, 0.05) is 17.4 Å². The standard InChI is InChI=1S/C9H10O3S/c1-6-4-7(11)5-8(9(6)12)13-3-2-10/h4-5,10H,2-3H2,1H3. The van der Waals surface area contributed by atoms with Gasteiger partial charge in [0.1, 0.15) is 0 Å². The van der Waals surface area contributed by atoms with Crippen LogP contribution in [-0.2, 0) is 9.59 Å². The summed E-state index contributed by atoms with van der Waals surface area (Å²) in [6.07, 6.45) is 2.64. The summed E-state index contributed by atoms with van der Waals surface area (Å²) in [6, 6.07) is 0. The van der Waals surface area contributed by atoms with E-state index in [0.29, 0.717) is 16.2 Å². The fourth-order valence-corrected chi connectivity index (χ4v) is 1.78. The van der Waals surface area contributed by atoms with Crippen LogP contribution in [0.1, 0.15) is 6.92 Å². The lowest BCUT2D eigenvalue weighted by Gasteiger charge is -2.08. The summed E-state index contributed by atoms with van der Waals surface area (Å²) < 4.78 is 0. The van der Waals surface area contributed by atoms with Crippen molar-refractivity contribution < 1.29 is 14.7 Å². The van der Waals surface area contributed by atoms with E-state index in [0.717, 1.165) is 0 Å². The Labute approximate surface area is 80.5 Å². The number of ketones is 2. The highest BCUT2D eigenvalue weighted by molar-refractivity contribution is 8.04. The Balaban J connectivity index is 2.74. The zero-order valence-corrected chi connectivity index (χ0v) is 8.06. The predicted octanol–water partition coefficient (Wildman–Crippen LogP) is 0.694. The quantitative estimate of drug-likeness (QED) is 0.678. The summed E-state index contributed by atoms with van der Waals surface area (Å²) in [5, 5.41) is 8.56. The van der Waals surface area contributed by atoms with Crippen LogP contribution in [0.5, 0.6) is 0 Å². The number of Topliss-reactive ketones (excluding diaryl/α,β-unsaturated/α-hetero) is 1. The molecule has 0 bridgehead atoms. The molecule has 1 rings (SSSR count). The number of hydrogen-bond donors (Lipinski definition) is 1. The third-order valence-electron chi connectivity index (χ3n) is 1.56. The van der Waals surface area contributed by atoms with Crippen molar-refractivity contribution in [3.63, 3.8) is 0 Å². The van der Waals surface area contributed by atoms with Gasteiger partial charge in [-0.05, 0) is 13.0 Å². The van der Waals surface area contributed by atoms with E-state index in [1.807, 2.05) is 0 Å². The molecule has 0 saturated heterocycles. The van der Waals surface area contributed by atoms with Gasteiger partial charge in [-0.1, -0.05) is 0 Å². The van der Waals surface area contributed by atoms with E-state index in [-0.39, 0.29) is 18.2 Å². The van der Waals surface area contributed by atoms with Gasteiger partial charge >= 0.3 is 0 Å². The van der Waals surface area contributed by atoms with Crippen molar-refractivity contribution in [1.82, 2.24) is 0 Å². The molecule has 0 spiro atoms. The molecule has 1 aliphatic rings. The lowest BCUT2D eigenvalue weighted by Crippen LogP contribution is -2.11. The fourth-order valence-electron chi connectivity index (χ4n) is 0.972. The molecule has 0 aromatic heterocycles. The van der Waals surface area contributed by atoms with E-state index in [1.54, 1.807) is 6.92 Å². The zero-order chi connectivity index (χ0) is 9.84. The van der Waals surface area contributed by atoms with E-state index in [4.69, 9.17) is 5.11 Å². The molecule has 70 valence electrons. The normalized spacial score (nSPS) is 17.1. The van der Waals surface area contributed by atoms with Crippen LogP contribution >= 0.6 is 11.8 Å². The van der Waals surface area contributed by atoms with Crippen LogP contribution in [0.3, 0.4) is 0 Å². The second-order valence-corrected chi connectivity index (χ2v) is 3.78. The van der Waals surface area contributed by atoms with Crippen molar-refractivity contribution in [2.24, 2.45) is 0 Å². The maximum Gasteiger partial charge on any atom is 0.195 e. The molecule has 0 aliphatic heterocycles. The maximum absolute atomic E-state index is 11.4. The Morgan fingerprint density at radius 3 is 2.69 bits per heavy atom. The highest BCUT2D eigenvalue weighted by Crippen LogP contribution is 2.22. The molecule has 0 fully saturated rings. The van der Waals surface area contributed by atoms with Gasteiger partial charge < -0.3 is 5.11 Å². The fraction of sp³-hybridized carbons (Fsp3) is 0.333. The average molecular weight is 198 g/mol. The number of aliphatic hydroxyl groups excluding tert-OH is 1. The van der Waals surface area contributed by atoms with Crippen molar-refractivity contribution in [2.45, 2.75) is 6.92 Å². The van der Waals surface area contributed by atoms with Crippen molar-refractivity contribution in [3.05, 3.63) is 22.6 Å². The number of aliphatic hydroxyl groups is 1. The maximum atomic E-state index is 11.4. The summed E-state index contributed by atoms with van der Waals surface area (Å²) in [5.74, 6) is 0.175. The van der Waals surface area contributed by atoms with Crippen molar-refractivity contribution in [2.75, 3.05) is 12.4 Å². The van der Waals surface area contributed by atoms with Crippen LogP contribution < -0.4 is 0 Å². The summed E-state index contributed by atoms with van der Waals surface area (Å²) in [4.78, 5) is 22.8. The molecular weight excluding hydrogens is 188 g/mol. The topological polar surface area (TPSA) is 54.4 Å². The SMILES string of the molecule is CC1=CC(=O)C=C(SCCO)C1=O. The van der Waals surface area contributed by atoms with E-state index in [2.05, 4.69) is 0 Å². The third-order valence-corrected chi connectivity index (χ3v) is 2.56. The molecular formula is C9H10O3S. The number of allylic oxidation sites excluding steroid dienone is 4. The molecule has 0 radical (unpaired) electrons. The first kappa shape index (κ1) is 10.2. The molecule has 0 saturated carbocycles. The number of carbonyl (C=O) groups excluding carboxylic acids is 2. The van der Waals surface area contributed by atoms with Crippen LogP contribution in [0.25, 0.3) is 0 Å². The second-order valence-electron chi connectivity index (χ2n) is 2.64. The minimum atomic E-state index is -0.155. The van der Waals surface area contributed by atoms with Crippen molar-refractivity contribution >= 4 is 23.3 Å². The monoisotopic (exact) mass is 198 g/mol. The van der Waals surface area contributed by atoms with Crippen LogP contribution in [0.15, 0.2) is 22.6 Å². The molecule has 0 aromatic carbocycles. The third kappa shape index (κ3) is 2.54. The molecule has 3 nitrogen and oxygen atoms in total. The first-order valence-electron chi connectivity index (χ1n) is 3.87. The molecule has 0 heterocycles. The van der Waals surface area contributed by atoms with Crippen molar-refractivity contribution in [1.29, 1.82) is 0 Å². The largest absolute Gasteiger partial charge is 0.396 e. The van der Waals surface area contributed by atoms with Gasteiger partial charge in [0.2, 0.25) is 0 Å². The minimum absolute atomic E-state index is 0.00619. The second kappa shape index (κ2) is 4.39. The summed E-state index contributed by atoms with van der Waals surface area (Å²) >= 11 is 1.21. The Morgan fingerprint density at radius 1 is 1.38 bits per heavy atom. The van der Waals surface area contributed by atoms with E-state index < -0.39 is 0 Å². The summed E-state index contributed by atoms with van der Waals surface area (Å²) in [6.45, 7) is 1.62. The van der Waals surface area contributed by atoms with Gasteiger partial charge in [-0.15, -0.1) is 11.8 Å². The number of carbonyl (C=O) groups is 2. The van der Waals surface area contributed by atoms with Gasteiger partial charge in [-0.3, -0.25) is 9.59 Å². The Bertz CT molecular complexity index is 302. The molecule has 0 amide bonds. The summed E-state index contributed by atoms with van der Waals surface area (Å²) in [7, 11) is 0. The van der Waals surface area contributed by atoms with Crippen LogP contribution in [0, 0.1) is 0 Å². The zero-order valence-electron chi connectivity index (χ0n) is 7.24. The molecule has 1 N–H and O–H groups in total. The minimum Gasteiger partial charge on any atom is -0.396 e. The lowest BCUT2D eigenvalue weighted by atomic mass is 10.1. The Hall–Kier alpha value is -0.870. The van der Waals surface area contributed by atoms with Gasteiger partial charge in [0.05, 0.1) is 11.5 Å². The first-order valence-corrected chi connectivity index (χ1v) is 4.86. The van der Waals surface area contributed by atoms with Gasteiger partial charge in [-0.25, -0.2) is 0 Å². The highest BCUT2D eigenvalue weighted by atomic mass is 32.2. The number of thioether (sulfide) groups is 1. The Kier molecular flexibility index (Phi) is 3.45. The van der Waals surface area contributed by atoms with Crippen LogP contribution in [0.4, 0.5) is 0 Å². The van der Waals surface area contributed by atoms with E-state index in [9.17, 15) is 9.59 Å². The van der Waals surface area contributed by atoms with Crippen LogP contribution in [0.2, 0.25) is 0 Å². The van der Waals surface area contributed by atoms with E-state index >= 15 is 0 Å². The predicted molar refractivity (Wildman–Crippen MR) is 51.4 cm³/mol. The van der Waals surface area contributed by atoms with Gasteiger partial charge in [-0.2, -0.15) is 0 Å². The van der Waals surface area contributed by atoms with Crippen LogP contribution in [-0.4, -0.2) is 29.0 Å². The molecule has 4 heteroatoms. The molecule has 0 unspecified atom stereocenters. The Morgan fingerprint density at radius 2 is 2.08 bits per heavy atom. The first-order chi connectivity index (χ1) is 6.15. The molecule has 0 atom stereocenters.